The lowest BCUT2D eigenvalue weighted by Gasteiger charge is -2.14. The summed E-state index contributed by atoms with van der Waals surface area (Å²) in [6.07, 6.45) is 0.550. The Bertz CT molecular complexity index is 1350. The van der Waals surface area contributed by atoms with Crippen molar-refractivity contribution < 1.29 is 12.8 Å². The SMILES string of the molecule is Cc1cccc(-c2nnc(-c3nc(N[C@H]4CCS(=O)(=O)C4)c4ccccc4n3)o2)c1. The maximum absolute atomic E-state index is 11.8. The van der Waals surface area contributed by atoms with Gasteiger partial charge in [-0.25, -0.2) is 18.4 Å². The molecular formula is C21H19N5O3S. The van der Waals surface area contributed by atoms with Gasteiger partial charge in [0.1, 0.15) is 5.82 Å². The number of para-hydroxylation sites is 1. The molecule has 1 saturated heterocycles. The van der Waals surface area contributed by atoms with E-state index in [9.17, 15) is 8.42 Å². The van der Waals surface area contributed by atoms with Crippen LogP contribution in [-0.2, 0) is 9.84 Å². The Hall–Kier alpha value is -3.33. The summed E-state index contributed by atoms with van der Waals surface area (Å²) in [5, 5.41) is 12.4. The van der Waals surface area contributed by atoms with E-state index in [0.717, 1.165) is 16.5 Å². The summed E-state index contributed by atoms with van der Waals surface area (Å²) in [6.45, 7) is 1.99. The second-order valence-corrected chi connectivity index (χ2v) is 9.67. The van der Waals surface area contributed by atoms with Crippen LogP contribution in [0.3, 0.4) is 0 Å². The van der Waals surface area contributed by atoms with Crippen LogP contribution in [-0.4, -0.2) is 46.1 Å². The molecule has 0 aliphatic carbocycles. The highest BCUT2D eigenvalue weighted by Gasteiger charge is 2.28. The molecular weight excluding hydrogens is 402 g/mol. The molecule has 30 heavy (non-hydrogen) atoms. The molecule has 1 fully saturated rings. The van der Waals surface area contributed by atoms with Crippen LogP contribution in [0.1, 0.15) is 12.0 Å². The number of aryl methyl sites for hydroxylation is 1. The van der Waals surface area contributed by atoms with E-state index in [1.807, 2.05) is 55.5 Å². The van der Waals surface area contributed by atoms with Gasteiger partial charge in [-0.05, 0) is 37.6 Å². The number of nitrogens with zero attached hydrogens (tertiary/aromatic N) is 4. The van der Waals surface area contributed by atoms with Gasteiger partial charge in [-0.2, -0.15) is 0 Å². The van der Waals surface area contributed by atoms with Crippen LogP contribution >= 0.6 is 0 Å². The third-order valence-corrected chi connectivity index (χ3v) is 6.83. The number of benzene rings is 2. The van der Waals surface area contributed by atoms with Crippen molar-refractivity contribution in [2.75, 3.05) is 16.8 Å². The van der Waals surface area contributed by atoms with E-state index in [1.54, 1.807) is 0 Å². The van der Waals surface area contributed by atoms with Crippen LogP contribution in [0.2, 0.25) is 0 Å². The first kappa shape index (κ1) is 18.7. The van der Waals surface area contributed by atoms with E-state index in [0.29, 0.717) is 29.5 Å². The zero-order valence-electron chi connectivity index (χ0n) is 16.2. The van der Waals surface area contributed by atoms with E-state index in [4.69, 9.17) is 4.42 Å². The summed E-state index contributed by atoms with van der Waals surface area (Å²) >= 11 is 0. The molecule has 9 heteroatoms. The molecule has 0 saturated carbocycles. The Labute approximate surface area is 173 Å². The van der Waals surface area contributed by atoms with Gasteiger partial charge in [0.2, 0.25) is 11.7 Å². The van der Waals surface area contributed by atoms with E-state index < -0.39 is 9.84 Å². The quantitative estimate of drug-likeness (QED) is 0.535. The van der Waals surface area contributed by atoms with E-state index in [1.165, 1.54) is 0 Å². The number of hydrogen-bond donors (Lipinski definition) is 1. The fourth-order valence-electron chi connectivity index (χ4n) is 3.59. The van der Waals surface area contributed by atoms with Crippen molar-refractivity contribution in [3.63, 3.8) is 0 Å². The van der Waals surface area contributed by atoms with Crippen molar-refractivity contribution in [2.45, 2.75) is 19.4 Å². The number of anilines is 1. The molecule has 152 valence electrons. The first-order valence-electron chi connectivity index (χ1n) is 9.61. The van der Waals surface area contributed by atoms with Crippen LogP contribution in [0.4, 0.5) is 5.82 Å². The van der Waals surface area contributed by atoms with Crippen LogP contribution in [0.25, 0.3) is 34.1 Å². The highest BCUT2D eigenvalue weighted by molar-refractivity contribution is 7.91. The number of aromatic nitrogens is 4. The Morgan fingerprint density at radius 1 is 1.03 bits per heavy atom. The number of rotatable bonds is 4. The summed E-state index contributed by atoms with van der Waals surface area (Å²) in [6, 6.07) is 15.1. The zero-order chi connectivity index (χ0) is 20.7. The Kier molecular flexibility index (Phi) is 4.47. The van der Waals surface area contributed by atoms with Gasteiger partial charge >= 0.3 is 0 Å². The molecule has 0 radical (unpaired) electrons. The third kappa shape index (κ3) is 3.63. The third-order valence-electron chi connectivity index (χ3n) is 5.06. The van der Waals surface area contributed by atoms with Gasteiger partial charge in [0, 0.05) is 17.0 Å². The molecule has 1 aliphatic heterocycles. The monoisotopic (exact) mass is 421 g/mol. The standard InChI is InChI=1S/C21H19N5O3S/c1-13-5-4-6-14(11-13)20-25-26-21(29-20)19-23-17-8-3-2-7-16(17)18(24-19)22-15-9-10-30(27,28)12-15/h2-8,11,15H,9-10,12H2,1H3,(H,22,23,24)/t15-/m0/s1. The second-order valence-electron chi connectivity index (χ2n) is 7.44. The lowest BCUT2D eigenvalue weighted by atomic mass is 10.1. The molecule has 0 bridgehead atoms. The predicted molar refractivity (Wildman–Crippen MR) is 114 cm³/mol. The van der Waals surface area contributed by atoms with Crippen LogP contribution in [0.15, 0.2) is 52.9 Å². The van der Waals surface area contributed by atoms with E-state index in [2.05, 4.69) is 25.5 Å². The first-order valence-corrected chi connectivity index (χ1v) is 11.4. The van der Waals surface area contributed by atoms with Crippen molar-refractivity contribution in [1.29, 1.82) is 0 Å². The van der Waals surface area contributed by atoms with Gasteiger partial charge in [0.25, 0.3) is 5.89 Å². The molecule has 8 nitrogen and oxygen atoms in total. The van der Waals surface area contributed by atoms with Gasteiger partial charge in [-0.1, -0.05) is 29.8 Å². The molecule has 1 N–H and O–H groups in total. The van der Waals surface area contributed by atoms with Crippen LogP contribution in [0.5, 0.6) is 0 Å². The lowest BCUT2D eigenvalue weighted by molar-refractivity contribution is 0.579. The summed E-state index contributed by atoms with van der Waals surface area (Å²) in [5.74, 6) is 1.74. The molecule has 5 rings (SSSR count). The average molecular weight is 421 g/mol. The summed E-state index contributed by atoms with van der Waals surface area (Å²) in [7, 11) is -3.01. The molecule has 4 aromatic rings. The van der Waals surface area contributed by atoms with Crippen molar-refractivity contribution in [2.24, 2.45) is 0 Å². The minimum absolute atomic E-state index is 0.0960. The minimum Gasteiger partial charge on any atom is -0.413 e. The van der Waals surface area contributed by atoms with Crippen molar-refractivity contribution in [3.05, 3.63) is 54.1 Å². The van der Waals surface area contributed by atoms with Crippen molar-refractivity contribution in [1.82, 2.24) is 20.2 Å². The molecule has 2 aromatic heterocycles. The molecule has 1 atom stereocenters. The van der Waals surface area contributed by atoms with Gasteiger partial charge in [-0.3, -0.25) is 0 Å². The lowest BCUT2D eigenvalue weighted by Crippen LogP contribution is -2.21. The fraction of sp³-hybridized carbons (Fsp3) is 0.238. The number of hydrogen-bond acceptors (Lipinski definition) is 8. The smallest absolute Gasteiger partial charge is 0.286 e. The Morgan fingerprint density at radius 3 is 2.67 bits per heavy atom. The average Bonchev–Trinajstić information content (AvgIpc) is 3.34. The number of nitrogens with one attached hydrogen (secondary N) is 1. The van der Waals surface area contributed by atoms with Crippen LogP contribution in [0, 0.1) is 6.92 Å². The maximum atomic E-state index is 11.8. The summed E-state index contributed by atoms with van der Waals surface area (Å²) in [4.78, 5) is 9.16. The van der Waals surface area contributed by atoms with Gasteiger partial charge in [-0.15, -0.1) is 10.2 Å². The number of sulfone groups is 1. The predicted octanol–water partition coefficient (Wildman–Crippen LogP) is 3.25. The Morgan fingerprint density at radius 2 is 1.87 bits per heavy atom. The normalized spacial score (nSPS) is 18.0. The minimum atomic E-state index is -3.01. The molecule has 0 spiro atoms. The summed E-state index contributed by atoms with van der Waals surface area (Å²) < 4.78 is 29.5. The van der Waals surface area contributed by atoms with Gasteiger partial charge < -0.3 is 9.73 Å². The fourth-order valence-corrected chi connectivity index (χ4v) is 5.27. The summed E-state index contributed by atoms with van der Waals surface area (Å²) in [5.41, 5.74) is 2.62. The van der Waals surface area contributed by atoms with E-state index >= 15 is 0 Å². The van der Waals surface area contributed by atoms with Crippen molar-refractivity contribution in [3.8, 4) is 23.2 Å². The van der Waals surface area contributed by atoms with Crippen LogP contribution < -0.4 is 5.32 Å². The Balaban J connectivity index is 1.54. The number of fused-ring (bicyclic) bond motifs is 1. The largest absolute Gasteiger partial charge is 0.413 e. The zero-order valence-corrected chi connectivity index (χ0v) is 17.1. The molecule has 0 amide bonds. The second kappa shape index (κ2) is 7.17. The highest BCUT2D eigenvalue weighted by Crippen LogP contribution is 2.28. The molecule has 0 unspecified atom stereocenters. The molecule has 1 aliphatic rings. The molecule has 2 aromatic carbocycles. The molecule has 3 heterocycles. The highest BCUT2D eigenvalue weighted by atomic mass is 32.2. The van der Waals surface area contributed by atoms with E-state index in [-0.39, 0.29) is 23.4 Å². The van der Waals surface area contributed by atoms with Gasteiger partial charge in [0.15, 0.2) is 9.84 Å². The first-order chi connectivity index (χ1) is 14.5. The van der Waals surface area contributed by atoms with Crippen molar-refractivity contribution >= 4 is 26.6 Å². The maximum Gasteiger partial charge on any atom is 0.286 e. The van der Waals surface area contributed by atoms with Gasteiger partial charge in [0.05, 0.1) is 17.0 Å². The topological polar surface area (TPSA) is 111 Å².